The van der Waals surface area contributed by atoms with Gasteiger partial charge in [-0.1, -0.05) is 0 Å². The fourth-order valence-corrected chi connectivity index (χ4v) is 1.38. The number of hydrogen-bond donors (Lipinski definition) is 3. The van der Waals surface area contributed by atoms with Crippen LogP contribution in [0.1, 0.15) is 5.56 Å². The molecule has 6 nitrogen and oxygen atoms in total. The van der Waals surface area contributed by atoms with Gasteiger partial charge >= 0.3 is 0 Å². The first-order valence-electron chi connectivity index (χ1n) is 5.27. The molecule has 2 aromatic rings. The summed E-state index contributed by atoms with van der Waals surface area (Å²) in [4.78, 5) is 0. The molecular weight excluding hydrogens is 246 g/mol. The van der Waals surface area contributed by atoms with E-state index in [4.69, 9.17) is 10.4 Å². The lowest BCUT2D eigenvalue weighted by Gasteiger charge is -2.00. The Bertz CT molecular complexity index is 690. The Morgan fingerprint density at radius 2 is 1.42 bits per heavy atom. The van der Waals surface area contributed by atoms with Crippen LogP contribution in [0.2, 0.25) is 0 Å². The Morgan fingerprint density at radius 1 is 0.842 bits per heavy atom. The molecule has 94 valence electrons. The van der Waals surface area contributed by atoms with Crippen LogP contribution in [0.15, 0.2) is 46.6 Å². The van der Waals surface area contributed by atoms with Crippen molar-refractivity contribution in [1.82, 2.24) is 0 Å². The number of hydrogen-bond acceptors (Lipinski definition) is 6. The van der Waals surface area contributed by atoms with E-state index < -0.39 is 0 Å². The maximum absolute atomic E-state index is 9.61. The molecule has 2 aromatic carbocycles. The van der Waals surface area contributed by atoms with E-state index >= 15 is 0 Å². The summed E-state index contributed by atoms with van der Waals surface area (Å²) >= 11 is 0. The highest BCUT2D eigenvalue weighted by Crippen LogP contribution is 2.33. The van der Waals surface area contributed by atoms with Crippen LogP contribution in [-0.2, 0) is 0 Å². The van der Waals surface area contributed by atoms with E-state index in [-0.39, 0.29) is 28.6 Å². The SMILES string of the molecule is N#Cc1ccc(N=Nc2ccc(O)cc2O)c(O)c1. The van der Waals surface area contributed by atoms with Gasteiger partial charge in [0.2, 0.25) is 0 Å². The molecular formula is C13H9N3O3. The predicted octanol–water partition coefficient (Wildman–Crippen LogP) is 3.09. The highest BCUT2D eigenvalue weighted by atomic mass is 16.3. The average molecular weight is 255 g/mol. The minimum absolute atomic E-state index is 0.0855. The molecule has 2 rings (SSSR count). The van der Waals surface area contributed by atoms with E-state index in [1.165, 1.54) is 30.3 Å². The maximum Gasteiger partial charge on any atom is 0.146 e. The Labute approximate surface area is 108 Å². The predicted molar refractivity (Wildman–Crippen MR) is 66.8 cm³/mol. The Hall–Kier alpha value is -3.07. The van der Waals surface area contributed by atoms with Gasteiger partial charge in [0.05, 0.1) is 11.6 Å². The van der Waals surface area contributed by atoms with Gasteiger partial charge in [-0.05, 0) is 30.3 Å². The Morgan fingerprint density at radius 3 is 1.95 bits per heavy atom. The largest absolute Gasteiger partial charge is 0.508 e. The van der Waals surface area contributed by atoms with Crippen molar-refractivity contribution < 1.29 is 15.3 Å². The minimum Gasteiger partial charge on any atom is -0.508 e. The summed E-state index contributed by atoms with van der Waals surface area (Å²) in [6, 6.07) is 9.95. The molecule has 0 heterocycles. The molecule has 0 fully saturated rings. The summed E-state index contributed by atoms with van der Waals surface area (Å²) in [6.07, 6.45) is 0. The van der Waals surface area contributed by atoms with Gasteiger partial charge in [0, 0.05) is 6.07 Å². The number of benzene rings is 2. The fourth-order valence-electron chi connectivity index (χ4n) is 1.38. The molecule has 0 spiro atoms. The monoisotopic (exact) mass is 255 g/mol. The van der Waals surface area contributed by atoms with Crippen LogP contribution in [0.4, 0.5) is 11.4 Å². The molecule has 0 aliphatic carbocycles. The lowest BCUT2D eigenvalue weighted by molar-refractivity contribution is 0.451. The van der Waals surface area contributed by atoms with Gasteiger partial charge in [-0.15, -0.1) is 10.2 Å². The fraction of sp³-hybridized carbons (Fsp3) is 0. The van der Waals surface area contributed by atoms with E-state index in [0.717, 1.165) is 6.07 Å². The first kappa shape index (κ1) is 12.4. The van der Waals surface area contributed by atoms with Crippen molar-refractivity contribution in [3.63, 3.8) is 0 Å². The van der Waals surface area contributed by atoms with E-state index in [0.29, 0.717) is 5.56 Å². The summed E-state index contributed by atoms with van der Waals surface area (Å²) in [5, 5.41) is 44.4. The Balaban J connectivity index is 2.30. The molecule has 0 atom stereocenters. The molecule has 0 aliphatic heterocycles. The maximum atomic E-state index is 9.61. The van der Waals surface area contributed by atoms with Gasteiger partial charge < -0.3 is 15.3 Å². The molecule has 0 amide bonds. The van der Waals surface area contributed by atoms with Crippen molar-refractivity contribution in [3.05, 3.63) is 42.0 Å². The minimum atomic E-state index is -0.225. The molecule has 0 aromatic heterocycles. The van der Waals surface area contributed by atoms with Crippen molar-refractivity contribution in [2.24, 2.45) is 10.2 Å². The van der Waals surface area contributed by atoms with Crippen LogP contribution in [0, 0.1) is 11.3 Å². The smallest absolute Gasteiger partial charge is 0.146 e. The van der Waals surface area contributed by atoms with Crippen molar-refractivity contribution in [2.75, 3.05) is 0 Å². The van der Waals surface area contributed by atoms with E-state index in [1.807, 2.05) is 6.07 Å². The molecule has 3 N–H and O–H groups in total. The quantitative estimate of drug-likeness (QED) is 0.716. The third-order valence-corrected chi connectivity index (χ3v) is 2.33. The molecule has 0 unspecified atom stereocenters. The van der Waals surface area contributed by atoms with Crippen LogP contribution < -0.4 is 0 Å². The third kappa shape index (κ3) is 2.79. The summed E-state index contributed by atoms with van der Waals surface area (Å²) in [7, 11) is 0. The van der Waals surface area contributed by atoms with Gasteiger partial charge in [-0.25, -0.2) is 0 Å². The number of phenols is 3. The number of nitriles is 1. The zero-order chi connectivity index (χ0) is 13.8. The molecule has 6 heteroatoms. The first-order chi connectivity index (χ1) is 9.10. The highest BCUT2D eigenvalue weighted by Gasteiger charge is 2.03. The third-order valence-electron chi connectivity index (χ3n) is 2.33. The van der Waals surface area contributed by atoms with Crippen molar-refractivity contribution in [1.29, 1.82) is 5.26 Å². The van der Waals surface area contributed by atoms with Crippen LogP contribution >= 0.6 is 0 Å². The van der Waals surface area contributed by atoms with Crippen LogP contribution in [-0.4, -0.2) is 15.3 Å². The summed E-state index contributed by atoms with van der Waals surface area (Å²) in [5.41, 5.74) is 0.636. The lowest BCUT2D eigenvalue weighted by atomic mass is 10.2. The highest BCUT2D eigenvalue weighted by molar-refractivity contribution is 5.56. The number of phenolic OH excluding ortho intramolecular Hbond substituents is 3. The zero-order valence-corrected chi connectivity index (χ0v) is 9.65. The van der Waals surface area contributed by atoms with Gasteiger partial charge in [-0.2, -0.15) is 5.26 Å². The van der Waals surface area contributed by atoms with Crippen molar-refractivity contribution >= 4 is 11.4 Å². The molecule has 0 bridgehead atoms. The van der Waals surface area contributed by atoms with E-state index in [9.17, 15) is 10.2 Å². The number of rotatable bonds is 2. The van der Waals surface area contributed by atoms with Gasteiger partial charge in [0.1, 0.15) is 28.6 Å². The molecule has 0 saturated heterocycles. The summed E-state index contributed by atoms with van der Waals surface area (Å²) in [6.45, 7) is 0. The van der Waals surface area contributed by atoms with E-state index in [2.05, 4.69) is 10.2 Å². The summed E-state index contributed by atoms with van der Waals surface area (Å²) < 4.78 is 0. The molecule has 19 heavy (non-hydrogen) atoms. The summed E-state index contributed by atoms with van der Waals surface area (Å²) in [5.74, 6) is -0.490. The topological polar surface area (TPSA) is 109 Å². The molecule has 0 saturated carbocycles. The average Bonchev–Trinajstić information content (AvgIpc) is 2.39. The standard InChI is InChI=1S/C13H9N3O3/c14-7-8-1-3-10(12(18)5-8)15-16-11-4-2-9(17)6-13(11)19/h1-6,17-19H. The van der Waals surface area contributed by atoms with Gasteiger partial charge in [0.15, 0.2) is 0 Å². The second-order valence-corrected chi connectivity index (χ2v) is 3.69. The van der Waals surface area contributed by atoms with Crippen molar-refractivity contribution in [3.8, 4) is 23.3 Å². The zero-order valence-electron chi connectivity index (χ0n) is 9.65. The number of nitrogens with zero attached hydrogens (tertiary/aromatic N) is 3. The molecule has 0 aliphatic rings. The normalized spacial score (nSPS) is 10.5. The second-order valence-electron chi connectivity index (χ2n) is 3.69. The first-order valence-corrected chi connectivity index (χ1v) is 5.27. The van der Waals surface area contributed by atoms with Crippen molar-refractivity contribution in [2.45, 2.75) is 0 Å². The van der Waals surface area contributed by atoms with E-state index in [1.54, 1.807) is 0 Å². The number of aromatic hydroxyl groups is 3. The van der Waals surface area contributed by atoms with Gasteiger partial charge in [-0.3, -0.25) is 0 Å². The molecule has 0 radical (unpaired) electrons. The van der Waals surface area contributed by atoms with Crippen LogP contribution in [0.25, 0.3) is 0 Å². The number of azo groups is 1. The lowest BCUT2D eigenvalue weighted by Crippen LogP contribution is -1.74. The van der Waals surface area contributed by atoms with Gasteiger partial charge in [0.25, 0.3) is 0 Å². The second kappa shape index (κ2) is 5.06. The van der Waals surface area contributed by atoms with Crippen LogP contribution in [0.3, 0.4) is 0 Å². The Kier molecular flexibility index (Phi) is 3.30. The van der Waals surface area contributed by atoms with Crippen LogP contribution in [0.5, 0.6) is 17.2 Å².